The molecule has 0 amide bonds. The quantitative estimate of drug-likeness (QED) is 0.216. The van der Waals surface area contributed by atoms with Gasteiger partial charge in [0.15, 0.2) is 14.1 Å². The molecule has 4 saturated heterocycles. The lowest BCUT2D eigenvalue weighted by molar-refractivity contribution is -0.209. The largest absolute Gasteiger partial charge is 0.466 e. The SMILES string of the molecule is COC(=O)[C@]12O[C@]34N(CCC[C@]3(CCCCO[Si](C)(C)C(C)(C)C)C1=O)CC[C@]41c3ccccc3N(C)[C@H]21. The van der Waals surface area contributed by atoms with Crippen LogP contribution >= 0.6 is 0 Å². The number of carbonyl (C=O) groups excluding carboxylic acids is 2. The van der Waals surface area contributed by atoms with Gasteiger partial charge in [-0.1, -0.05) is 45.4 Å². The number of rotatable bonds is 7. The van der Waals surface area contributed by atoms with Gasteiger partial charge in [0.2, 0.25) is 5.60 Å². The van der Waals surface area contributed by atoms with Gasteiger partial charge in [-0.3, -0.25) is 9.69 Å². The van der Waals surface area contributed by atoms with E-state index in [-0.39, 0.29) is 10.8 Å². The number of fused-ring (bicyclic) bond motifs is 3. The molecule has 208 valence electrons. The molecule has 0 radical (unpaired) electrons. The first kappa shape index (κ1) is 26.5. The van der Waals surface area contributed by atoms with Gasteiger partial charge in [-0.2, -0.15) is 0 Å². The minimum Gasteiger partial charge on any atom is -0.466 e. The monoisotopic (exact) mass is 540 g/mol. The van der Waals surface area contributed by atoms with Gasteiger partial charge in [0.25, 0.3) is 0 Å². The van der Waals surface area contributed by atoms with Crippen LogP contribution in [0.5, 0.6) is 0 Å². The van der Waals surface area contributed by atoms with E-state index in [0.717, 1.165) is 50.9 Å². The molecule has 38 heavy (non-hydrogen) atoms. The van der Waals surface area contributed by atoms with Crippen molar-refractivity contribution in [2.75, 3.05) is 38.8 Å². The molecule has 5 heterocycles. The normalized spacial score (nSPS) is 37.4. The maximum Gasteiger partial charge on any atom is 0.348 e. The van der Waals surface area contributed by atoms with Crippen LogP contribution in [0.15, 0.2) is 24.3 Å². The van der Waals surface area contributed by atoms with E-state index in [1.165, 1.54) is 12.7 Å². The van der Waals surface area contributed by atoms with Crippen LogP contribution in [0.3, 0.4) is 0 Å². The number of Topliss-reactive ketones (excluding diaryl/α,β-unsaturated/α-hetero) is 1. The second-order valence-corrected chi connectivity index (χ2v) is 18.6. The van der Waals surface area contributed by atoms with Crippen molar-refractivity contribution in [3.8, 4) is 0 Å². The fourth-order valence-electron chi connectivity index (χ4n) is 8.91. The van der Waals surface area contributed by atoms with Crippen molar-refractivity contribution in [1.82, 2.24) is 4.90 Å². The van der Waals surface area contributed by atoms with Crippen molar-refractivity contribution >= 4 is 25.8 Å². The van der Waals surface area contributed by atoms with E-state index in [1.54, 1.807) is 0 Å². The number of carbonyl (C=O) groups is 2. The molecule has 7 nitrogen and oxygen atoms in total. The molecule has 1 aromatic carbocycles. The molecule has 0 aromatic heterocycles. The highest BCUT2D eigenvalue weighted by Gasteiger charge is 2.94. The van der Waals surface area contributed by atoms with E-state index >= 15 is 0 Å². The Balaban J connectivity index is 1.40. The van der Waals surface area contributed by atoms with Crippen LogP contribution in [0.4, 0.5) is 5.69 Å². The Hall–Kier alpha value is -1.74. The molecule has 8 heteroatoms. The highest BCUT2D eigenvalue weighted by atomic mass is 28.4. The molecule has 6 rings (SSSR count). The molecule has 1 aromatic rings. The summed E-state index contributed by atoms with van der Waals surface area (Å²) in [7, 11) is 1.58. The van der Waals surface area contributed by atoms with E-state index < -0.39 is 42.5 Å². The Kier molecular flexibility index (Phi) is 5.68. The minimum atomic E-state index is -1.83. The standard InChI is InChI=1S/C30H44N2O5Si/c1-26(2,3)38(6,7)36-20-11-10-15-27-16-12-18-32-19-17-28-21-13-8-9-14-22(21)31(4)23(28)29(24(27)33,25(34)35-5)37-30(27,28)32/h8-9,13-14,23H,10-12,15-20H2,1-7H3/t23-,27+,28+,29+,30+/m0/s1. The lowest BCUT2D eigenvalue weighted by Gasteiger charge is -2.57. The van der Waals surface area contributed by atoms with Gasteiger partial charge in [0, 0.05) is 32.4 Å². The van der Waals surface area contributed by atoms with Crippen LogP contribution in [0, 0.1) is 5.41 Å². The zero-order chi connectivity index (χ0) is 27.4. The van der Waals surface area contributed by atoms with E-state index in [1.807, 2.05) is 13.1 Å². The second-order valence-electron chi connectivity index (χ2n) is 13.8. The fraction of sp³-hybridized carbons (Fsp3) is 0.733. The smallest absolute Gasteiger partial charge is 0.348 e. The summed E-state index contributed by atoms with van der Waals surface area (Å²) in [5.74, 6) is -0.584. The number of nitrogens with zero attached hydrogens (tertiary/aromatic N) is 2. The summed E-state index contributed by atoms with van der Waals surface area (Å²) in [6.45, 7) is 13.8. The van der Waals surface area contributed by atoms with E-state index in [4.69, 9.17) is 13.9 Å². The van der Waals surface area contributed by atoms with E-state index in [9.17, 15) is 9.59 Å². The Morgan fingerprint density at radius 3 is 2.61 bits per heavy atom. The number of methoxy groups -OCH3 is 1. The van der Waals surface area contributed by atoms with Crippen LogP contribution in [0.1, 0.15) is 64.9 Å². The minimum absolute atomic E-state index is 0.0472. The van der Waals surface area contributed by atoms with Crippen LogP contribution in [0.2, 0.25) is 18.1 Å². The number of unbranched alkanes of at least 4 members (excludes halogenated alkanes) is 1. The van der Waals surface area contributed by atoms with Crippen LogP contribution in [-0.2, 0) is 28.9 Å². The van der Waals surface area contributed by atoms with Gasteiger partial charge < -0.3 is 18.8 Å². The van der Waals surface area contributed by atoms with Gasteiger partial charge in [0.05, 0.1) is 24.0 Å². The first-order valence-electron chi connectivity index (χ1n) is 14.4. The van der Waals surface area contributed by atoms with Gasteiger partial charge in [-0.05, 0) is 61.9 Å². The molecule has 2 spiro atoms. The number of ether oxygens (including phenoxy) is 2. The van der Waals surface area contributed by atoms with Gasteiger partial charge in [-0.25, -0.2) is 4.79 Å². The van der Waals surface area contributed by atoms with Crippen molar-refractivity contribution in [1.29, 1.82) is 0 Å². The maximum absolute atomic E-state index is 14.8. The molecule has 2 bridgehead atoms. The third-order valence-electron chi connectivity index (χ3n) is 11.3. The molecule has 0 saturated carbocycles. The Morgan fingerprint density at radius 1 is 1.16 bits per heavy atom. The summed E-state index contributed by atoms with van der Waals surface area (Å²) in [6, 6.07) is 8.06. The molecular formula is C30H44N2O5Si. The molecular weight excluding hydrogens is 496 g/mol. The van der Waals surface area contributed by atoms with Gasteiger partial charge in [0.1, 0.15) is 5.72 Å². The van der Waals surface area contributed by atoms with Crippen LogP contribution in [0.25, 0.3) is 0 Å². The number of benzene rings is 1. The molecule has 0 unspecified atom stereocenters. The van der Waals surface area contributed by atoms with Gasteiger partial charge >= 0.3 is 5.97 Å². The molecule has 4 fully saturated rings. The molecule has 5 atom stereocenters. The Bertz CT molecular complexity index is 1180. The molecule has 0 aliphatic carbocycles. The van der Waals surface area contributed by atoms with Crippen molar-refractivity contribution in [2.45, 2.75) is 100 Å². The van der Waals surface area contributed by atoms with Crippen molar-refractivity contribution in [3.63, 3.8) is 0 Å². The summed E-state index contributed by atoms with van der Waals surface area (Å²) < 4.78 is 19.0. The summed E-state index contributed by atoms with van der Waals surface area (Å²) in [6.07, 6.45) is 5.05. The lowest BCUT2D eigenvalue weighted by atomic mass is 9.48. The second kappa shape index (κ2) is 8.15. The zero-order valence-corrected chi connectivity index (χ0v) is 25.2. The number of hydrogen-bond donors (Lipinski definition) is 0. The predicted octanol–water partition coefficient (Wildman–Crippen LogP) is 4.64. The number of ketones is 1. The van der Waals surface area contributed by atoms with Crippen molar-refractivity contribution in [2.24, 2.45) is 5.41 Å². The summed E-state index contributed by atoms with van der Waals surface area (Å²) >= 11 is 0. The predicted molar refractivity (Wildman–Crippen MR) is 149 cm³/mol. The topological polar surface area (TPSA) is 68.3 Å². The van der Waals surface area contributed by atoms with Crippen LogP contribution < -0.4 is 4.90 Å². The number of hydrogen-bond acceptors (Lipinski definition) is 7. The average Bonchev–Trinajstić information content (AvgIpc) is 3.51. The van der Waals surface area contributed by atoms with E-state index in [0.29, 0.717) is 13.0 Å². The fourth-order valence-corrected chi connectivity index (χ4v) is 10.00. The number of piperidine rings is 1. The van der Waals surface area contributed by atoms with E-state index in [2.05, 4.69) is 61.9 Å². The lowest BCUT2D eigenvalue weighted by Crippen LogP contribution is -2.74. The first-order chi connectivity index (χ1) is 17.9. The Labute approximate surface area is 228 Å². The number of anilines is 1. The summed E-state index contributed by atoms with van der Waals surface area (Å²) in [4.78, 5) is 33.2. The average molecular weight is 541 g/mol. The Morgan fingerprint density at radius 2 is 1.89 bits per heavy atom. The van der Waals surface area contributed by atoms with Crippen LogP contribution in [-0.4, -0.2) is 76.2 Å². The summed E-state index contributed by atoms with van der Waals surface area (Å²) in [5, 5.41) is 0.170. The number of esters is 1. The third-order valence-corrected chi connectivity index (χ3v) is 15.9. The van der Waals surface area contributed by atoms with Crippen molar-refractivity contribution in [3.05, 3.63) is 29.8 Å². The molecule has 5 aliphatic rings. The highest BCUT2D eigenvalue weighted by molar-refractivity contribution is 6.74. The maximum atomic E-state index is 14.8. The first-order valence-corrected chi connectivity index (χ1v) is 17.3. The number of likely N-dealkylation sites (N-methyl/N-ethyl adjacent to an activating group) is 1. The zero-order valence-electron chi connectivity index (χ0n) is 24.2. The number of para-hydroxylation sites is 1. The summed E-state index contributed by atoms with van der Waals surface area (Å²) in [5.41, 5.74) is -1.29. The third kappa shape index (κ3) is 2.76. The molecule has 0 N–H and O–H groups in total. The molecule has 5 aliphatic heterocycles. The highest BCUT2D eigenvalue weighted by Crippen LogP contribution is 2.78. The van der Waals surface area contributed by atoms with Gasteiger partial charge in [-0.15, -0.1) is 0 Å². The van der Waals surface area contributed by atoms with Crippen molar-refractivity contribution < 1.29 is 23.5 Å².